The molecule has 230 valence electrons. The van der Waals surface area contributed by atoms with Gasteiger partial charge in [0.05, 0.1) is 16.1 Å². The van der Waals surface area contributed by atoms with Gasteiger partial charge in [-0.05, 0) is 49.8 Å². The van der Waals surface area contributed by atoms with E-state index in [2.05, 4.69) is 31.2 Å². The molecule has 1 aliphatic carbocycles. The zero-order valence-corrected chi connectivity index (χ0v) is 23.8. The summed E-state index contributed by atoms with van der Waals surface area (Å²) in [6.45, 7) is 3.30. The van der Waals surface area contributed by atoms with Crippen molar-refractivity contribution >= 4 is 41.2 Å². The largest absolute Gasteiger partial charge is 0.416 e. The van der Waals surface area contributed by atoms with Gasteiger partial charge in [-0.25, -0.2) is 9.59 Å². The number of benzene rings is 1. The molecule has 16 heteroatoms. The highest BCUT2D eigenvalue weighted by Gasteiger charge is 2.32. The Labute approximate surface area is 249 Å². The number of aromatic nitrogens is 4. The number of nitrogens with one attached hydrogen (secondary N) is 4. The summed E-state index contributed by atoms with van der Waals surface area (Å²) in [5.74, 6) is 1.07. The minimum absolute atomic E-state index is 0.00893. The van der Waals surface area contributed by atoms with Crippen LogP contribution >= 0.6 is 11.6 Å². The predicted molar refractivity (Wildman–Crippen MR) is 152 cm³/mol. The van der Waals surface area contributed by atoms with Crippen molar-refractivity contribution in [3.05, 3.63) is 58.9 Å². The molecule has 1 aromatic carbocycles. The average molecular weight is 622 g/mol. The first-order valence-corrected chi connectivity index (χ1v) is 14.3. The van der Waals surface area contributed by atoms with Crippen LogP contribution in [0.2, 0.25) is 5.02 Å². The van der Waals surface area contributed by atoms with Crippen molar-refractivity contribution in [2.24, 2.45) is 5.92 Å². The fraction of sp³-hybridized carbons (Fsp3) is 0.444. The maximum atomic E-state index is 12.9. The number of halogens is 4. The van der Waals surface area contributed by atoms with E-state index in [9.17, 15) is 27.6 Å². The third kappa shape index (κ3) is 7.39. The van der Waals surface area contributed by atoms with Gasteiger partial charge in [-0.15, -0.1) is 0 Å². The molecule has 1 saturated carbocycles. The lowest BCUT2D eigenvalue weighted by Gasteiger charge is -2.29. The van der Waals surface area contributed by atoms with Gasteiger partial charge in [-0.2, -0.15) is 23.4 Å². The third-order valence-corrected chi connectivity index (χ3v) is 7.87. The van der Waals surface area contributed by atoms with E-state index in [-0.39, 0.29) is 28.7 Å². The molecular formula is C27H31ClF3N9O3. The third-order valence-electron chi connectivity index (χ3n) is 7.54. The predicted octanol–water partition coefficient (Wildman–Crippen LogP) is 4.01. The van der Waals surface area contributed by atoms with E-state index in [0.29, 0.717) is 50.3 Å². The number of urea groups is 2. The van der Waals surface area contributed by atoms with Crippen LogP contribution in [0.25, 0.3) is 0 Å². The fourth-order valence-electron chi connectivity index (χ4n) is 5.27. The number of hydrogen-bond acceptors (Lipinski definition) is 5. The fourth-order valence-corrected chi connectivity index (χ4v) is 5.48. The summed E-state index contributed by atoms with van der Waals surface area (Å²) in [6.07, 6.45) is 2.14. The van der Waals surface area contributed by atoms with Gasteiger partial charge in [0.1, 0.15) is 0 Å². The number of amides is 5. The van der Waals surface area contributed by atoms with Crippen molar-refractivity contribution in [2.45, 2.75) is 44.4 Å². The van der Waals surface area contributed by atoms with Crippen LogP contribution in [-0.4, -0.2) is 70.2 Å². The topological polar surface area (TPSA) is 140 Å². The number of anilines is 2. The highest BCUT2D eigenvalue weighted by Crippen LogP contribution is 2.32. The molecular weight excluding hydrogens is 591 g/mol. The zero-order chi connectivity index (χ0) is 30.6. The minimum Gasteiger partial charge on any atom is -0.349 e. The first kappa shape index (κ1) is 30.2. The van der Waals surface area contributed by atoms with Crippen LogP contribution in [0.1, 0.15) is 41.6 Å². The van der Waals surface area contributed by atoms with E-state index in [1.807, 2.05) is 16.9 Å². The quantitative estimate of drug-likeness (QED) is 0.329. The highest BCUT2D eigenvalue weighted by molar-refractivity contribution is 6.33. The van der Waals surface area contributed by atoms with Gasteiger partial charge >= 0.3 is 18.2 Å². The Morgan fingerprint density at radius 3 is 2.23 bits per heavy atom. The van der Waals surface area contributed by atoms with E-state index in [1.165, 1.54) is 0 Å². The second-order valence-electron chi connectivity index (χ2n) is 10.5. The van der Waals surface area contributed by atoms with Crippen molar-refractivity contribution < 1.29 is 27.6 Å². The number of carbonyl (C=O) groups excluding carboxylic acids is 3. The molecule has 6 rings (SSSR count). The summed E-state index contributed by atoms with van der Waals surface area (Å²) < 4.78 is 40.7. The molecule has 43 heavy (non-hydrogen) atoms. The molecule has 0 spiro atoms. The maximum absolute atomic E-state index is 12.9. The Hall–Kier alpha value is -4.27. The molecule has 2 aliphatic heterocycles. The minimum atomic E-state index is -4.54. The molecule has 2 saturated heterocycles. The zero-order valence-electron chi connectivity index (χ0n) is 23.0. The number of hydrogen-bond donors (Lipinski definition) is 4. The Morgan fingerprint density at radius 2 is 1.65 bits per heavy atom. The van der Waals surface area contributed by atoms with Crippen molar-refractivity contribution in [3.63, 3.8) is 0 Å². The van der Waals surface area contributed by atoms with Crippen LogP contribution < -0.4 is 25.8 Å². The second kappa shape index (κ2) is 12.9. The number of alkyl halides is 3. The normalized spacial score (nSPS) is 20.4. The SMILES string of the molecule is O=C(N[C@H]1CC[C@H](Cn2ccc(N3CCNC3=O)n2)CC1)c1cc(C(F)(F)F)ccc1Cl.O=C1NCCN1c1cc[nH]n1. The first-order valence-electron chi connectivity index (χ1n) is 13.9. The molecule has 4 heterocycles. The van der Waals surface area contributed by atoms with E-state index >= 15 is 0 Å². The first-order chi connectivity index (χ1) is 20.6. The molecule has 5 amide bonds. The maximum Gasteiger partial charge on any atom is 0.416 e. The van der Waals surface area contributed by atoms with E-state index in [4.69, 9.17) is 11.6 Å². The summed E-state index contributed by atoms with van der Waals surface area (Å²) >= 11 is 5.96. The summed E-state index contributed by atoms with van der Waals surface area (Å²) in [6, 6.07) is 6.00. The van der Waals surface area contributed by atoms with Crippen LogP contribution in [-0.2, 0) is 12.7 Å². The summed E-state index contributed by atoms with van der Waals surface area (Å²) in [5.41, 5.74) is -1.07. The summed E-state index contributed by atoms with van der Waals surface area (Å²) in [7, 11) is 0. The van der Waals surface area contributed by atoms with Crippen molar-refractivity contribution in [2.75, 3.05) is 36.0 Å². The number of nitrogens with zero attached hydrogens (tertiary/aromatic N) is 5. The van der Waals surface area contributed by atoms with Crippen LogP contribution in [0, 0.1) is 5.92 Å². The van der Waals surface area contributed by atoms with Gasteiger partial charge in [0.2, 0.25) is 0 Å². The van der Waals surface area contributed by atoms with E-state index < -0.39 is 17.6 Å². The number of aromatic amines is 1. The molecule has 3 aliphatic rings. The summed E-state index contributed by atoms with van der Waals surface area (Å²) in [5, 5.41) is 19.3. The van der Waals surface area contributed by atoms with Crippen LogP contribution in [0.4, 0.5) is 34.4 Å². The van der Waals surface area contributed by atoms with Gasteiger partial charge in [0.15, 0.2) is 11.6 Å². The van der Waals surface area contributed by atoms with Gasteiger partial charge in [0.25, 0.3) is 5.91 Å². The molecule has 0 atom stereocenters. The Bertz CT molecular complexity index is 1440. The molecule has 3 aromatic rings. The lowest BCUT2D eigenvalue weighted by Crippen LogP contribution is -2.38. The molecule has 0 unspecified atom stereocenters. The Balaban J connectivity index is 0.000000279. The van der Waals surface area contributed by atoms with Crippen molar-refractivity contribution in [1.82, 2.24) is 35.9 Å². The number of carbonyl (C=O) groups is 3. The monoisotopic (exact) mass is 621 g/mol. The molecule has 12 nitrogen and oxygen atoms in total. The summed E-state index contributed by atoms with van der Waals surface area (Å²) in [4.78, 5) is 38.5. The van der Waals surface area contributed by atoms with Crippen LogP contribution in [0.5, 0.6) is 0 Å². The van der Waals surface area contributed by atoms with E-state index in [0.717, 1.165) is 43.9 Å². The lowest BCUT2D eigenvalue weighted by atomic mass is 9.86. The smallest absolute Gasteiger partial charge is 0.349 e. The van der Waals surface area contributed by atoms with Crippen LogP contribution in [0.3, 0.4) is 0 Å². The van der Waals surface area contributed by atoms with Crippen molar-refractivity contribution in [3.8, 4) is 0 Å². The molecule has 4 N–H and O–H groups in total. The molecule has 0 radical (unpaired) electrons. The van der Waals surface area contributed by atoms with E-state index in [1.54, 1.807) is 22.1 Å². The van der Waals surface area contributed by atoms with Gasteiger partial charge < -0.3 is 16.0 Å². The van der Waals surface area contributed by atoms with Gasteiger partial charge in [-0.1, -0.05) is 11.6 Å². The van der Waals surface area contributed by atoms with Crippen LogP contribution in [0.15, 0.2) is 42.7 Å². The Kier molecular flexibility index (Phi) is 9.08. The standard InChI is InChI=1S/C21H23ClF3N5O2.C6H8N4O/c22-17-6-3-14(21(23,24)25)11-16(17)19(31)27-15-4-1-13(2-5-15)12-29-9-7-18(28-29)30-10-8-26-20(30)32;11-6-7-3-4-10(6)5-1-2-8-9-5/h3,6-7,9,11,13,15H,1-2,4-5,8,10,12H2,(H,26,32)(H,27,31);1-2H,3-4H2,(H,7,11)(H,8,9)/t13-,15-;. The Morgan fingerprint density at radius 1 is 0.977 bits per heavy atom. The molecule has 0 bridgehead atoms. The lowest BCUT2D eigenvalue weighted by molar-refractivity contribution is -0.137. The van der Waals surface area contributed by atoms with Gasteiger partial charge in [0, 0.05) is 63.3 Å². The average Bonchev–Trinajstić information content (AvgIpc) is 3.78. The molecule has 2 aromatic heterocycles. The number of H-pyrrole nitrogens is 1. The van der Waals surface area contributed by atoms with Gasteiger partial charge in [-0.3, -0.25) is 24.4 Å². The second-order valence-corrected chi connectivity index (χ2v) is 10.9. The van der Waals surface area contributed by atoms with Crippen molar-refractivity contribution in [1.29, 1.82) is 0 Å². The number of rotatable bonds is 6. The highest BCUT2D eigenvalue weighted by atomic mass is 35.5. The molecule has 3 fully saturated rings.